The Morgan fingerprint density at radius 1 is 1.38 bits per heavy atom. The molecular formula is C15H21N3O3. The minimum atomic E-state index is -0.757. The Bertz CT molecular complexity index is 505. The molecule has 0 aliphatic carbocycles. The molecule has 2 atom stereocenters. The van der Waals surface area contributed by atoms with Crippen molar-refractivity contribution in [1.29, 1.82) is 5.26 Å². The molecule has 1 fully saturated rings. The summed E-state index contributed by atoms with van der Waals surface area (Å²) < 4.78 is 4.96. The standard InChI is InChI=1S/C15H21N3O3/c1-21-5-4-17-8-11-2-3-13(12(6-11)7-16)18-9-14(19)15(20)10-18/h2-3,6,14-15,17,19-20H,4-5,8-10H2,1H3. The second kappa shape index (κ2) is 7.38. The third-order valence-corrected chi connectivity index (χ3v) is 3.59. The second-order valence-electron chi connectivity index (χ2n) is 5.17. The zero-order valence-electron chi connectivity index (χ0n) is 12.1. The van der Waals surface area contributed by atoms with Gasteiger partial charge in [0.1, 0.15) is 6.07 Å². The van der Waals surface area contributed by atoms with Gasteiger partial charge >= 0.3 is 0 Å². The maximum absolute atomic E-state index is 9.62. The lowest BCUT2D eigenvalue weighted by atomic mass is 10.1. The molecule has 1 aliphatic rings. The minimum absolute atomic E-state index is 0.348. The Hall–Kier alpha value is -1.65. The summed E-state index contributed by atoms with van der Waals surface area (Å²) in [7, 11) is 1.66. The number of aliphatic hydroxyl groups excluding tert-OH is 2. The van der Waals surface area contributed by atoms with Gasteiger partial charge in [-0.15, -0.1) is 0 Å². The van der Waals surface area contributed by atoms with Gasteiger partial charge in [-0.3, -0.25) is 0 Å². The third kappa shape index (κ3) is 3.93. The van der Waals surface area contributed by atoms with Crippen LogP contribution in [0.1, 0.15) is 11.1 Å². The summed E-state index contributed by atoms with van der Waals surface area (Å²) in [6.45, 7) is 2.77. The van der Waals surface area contributed by atoms with Crippen LogP contribution in [-0.2, 0) is 11.3 Å². The van der Waals surface area contributed by atoms with E-state index in [0.717, 1.165) is 17.8 Å². The number of hydrogen-bond acceptors (Lipinski definition) is 6. The molecule has 114 valence electrons. The van der Waals surface area contributed by atoms with Crippen LogP contribution < -0.4 is 10.2 Å². The summed E-state index contributed by atoms with van der Waals surface area (Å²) >= 11 is 0. The van der Waals surface area contributed by atoms with Crippen LogP contribution >= 0.6 is 0 Å². The molecule has 6 heteroatoms. The van der Waals surface area contributed by atoms with E-state index >= 15 is 0 Å². The zero-order chi connectivity index (χ0) is 15.2. The molecule has 0 bridgehead atoms. The molecule has 1 saturated heterocycles. The number of nitrogens with zero attached hydrogens (tertiary/aromatic N) is 2. The molecule has 2 unspecified atom stereocenters. The third-order valence-electron chi connectivity index (χ3n) is 3.59. The molecule has 6 nitrogen and oxygen atoms in total. The van der Waals surface area contributed by atoms with Gasteiger partial charge in [-0.25, -0.2) is 0 Å². The van der Waals surface area contributed by atoms with Crippen LogP contribution in [-0.4, -0.2) is 55.8 Å². The molecule has 0 spiro atoms. The topological polar surface area (TPSA) is 88.8 Å². The second-order valence-corrected chi connectivity index (χ2v) is 5.17. The molecule has 2 rings (SSSR count). The molecule has 3 N–H and O–H groups in total. The Balaban J connectivity index is 2.05. The number of hydrogen-bond donors (Lipinski definition) is 3. The van der Waals surface area contributed by atoms with E-state index in [1.54, 1.807) is 7.11 Å². The normalized spacial score (nSPS) is 21.5. The van der Waals surface area contributed by atoms with Crippen LogP contribution in [0.2, 0.25) is 0 Å². The van der Waals surface area contributed by atoms with Crippen molar-refractivity contribution in [1.82, 2.24) is 5.32 Å². The number of nitriles is 1. The number of anilines is 1. The van der Waals surface area contributed by atoms with E-state index in [4.69, 9.17) is 4.74 Å². The number of methoxy groups -OCH3 is 1. The fraction of sp³-hybridized carbons (Fsp3) is 0.533. The summed E-state index contributed by atoms with van der Waals surface area (Å²) in [6.07, 6.45) is -1.51. The van der Waals surface area contributed by atoms with Gasteiger partial charge in [-0.2, -0.15) is 5.26 Å². The van der Waals surface area contributed by atoms with Crippen molar-refractivity contribution in [2.24, 2.45) is 0 Å². The van der Waals surface area contributed by atoms with Crippen molar-refractivity contribution in [2.45, 2.75) is 18.8 Å². The Morgan fingerprint density at radius 2 is 2.10 bits per heavy atom. The average molecular weight is 291 g/mol. The summed E-state index contributed by atoms with van der Waals surface area (Å²) in [5, 5.41) is 31.8. The molecule has 0 radical (unpaired) electrons. The predicted molar refractivity (Wildman–Crippen MR) is 79.0 cm³/mol. The van der Waals surface area contributed by atoms with Gasteiger partial charge in [0.2, 0.25) is 0 Å². The molecule has 0 aromatic heterocycles. The number of ether oxygens (including phenoxy) is 1. The van der Waals surface area contributed by atoms with Gasteiger partial charge in [-0.1, -0.05) is 6.07 Å². The molecule has 1 aliphatic heterocycles. The molecule has 1 aromatic rings. The quantitative estimate of drug-likeness (QED) is 0.631. The van der Waals surface area contributed by atoms with E-state index in [0.29, 0.717) is 31.8 Å². The van der Waals surface area contributed by atoms with Crippen LogP contribution in [0.5, 0.6) is 0 Å². The van der Waals surface area contributed by atoms with Gasteiger partial charge in [0.15, 0.2) is 0 Å². The van der Waals surface area contributed by atoms with Crippen LogP contribution in [0, 0.1) is 11.3 Å². The summed E-state index contributed by atoms with van der Waals surface area (Å²) in [5.74, 6) is 0. The summed E-state index contributed by atoms with van der Waals surface area (Å²) in [6, 6.07) is 7.85. The molecule has 0 saturated carbocycles. The first-order chi connectivity index (χ1) is 10.2. The SMILES string of the molecule is COCCNCc1ccc(N2CC(O)C(O)C2)c(C#N)c1. The lowest BCUT2D eigenvalue weighted by Crippen LogP contribution is -2.22. The van der Waals surface area contributed by atoms with Crippen molar-refractivity contribution < 1.29 is 14.9 Å². The number of nitrogens with one attached hydrogen (secondary N) is 1. The van der Waals surface area contributed by atoms with Crippen LogP contribution in [0.4, 0.5) is 5.69 Å². The maximum Gasteiger partial charge on any atom is 0.101 e. The average Bonchev–Trinajstić information content (AvgIpc) is 2.83. The molecule has 21 heavy (non-hydrogen) atoms. The van der Waals surface area contributed by atoms with Gasteiger partial charge in [0.25, 0.3) is 0 Å². The summed E-state index contributed by atoms with van der Waals surface area (Å²) in [4.78, 5) is 1.84. The number of rotatable bonds is 6. The van der Waals surface area contributed by atoms with Gasteiger partial charge in [0.05, 0.1) is 30.1 Å². The number of benzene rings is 1. The lowest BCUT2D eigenvalue weighted by molar-refractivity contribution is 0.0572. The van der Waals surface area contributed by atoms with E-state index in [1.807, 2.05) is 23.1 Å². The first-order valence-electron chi connectivity index (χ1n) is 6.99. The van der Waals surface area contributed by atoms with Crippen LogP contribution in [0.15, 0.2) is 18.2 Å². The fourth-order valence-electron chi connectivity index (χ4n) is 2.43. The highest BCUT2D eigenvalue weighted by atomic mass is 16.5. The van der Waals surface area contributed by atoms with E-state index in [-0.39, 0.29) is 0 Å². The van der Waals surface area contributed by atoms with E-state index in [1.165, 1.54) is 0 Å². The largest absolute Gasteiger partial charge is 0.389 e. The first-order valence-corrected chi connectivity index (χ1v) is 6.99. The summed E-state index contributed by atoms with van der Waals surface area (Å²) in [5.41, 5.74) is 2.34. The van der Waals surface area contributed by atoms with Crippen molar-refractivity contribution in [3.63, 3.8) is 0 Å². The monoisotopic (exact) mass is 291 g/mol. The Morgan fingerprint density at radius 3 is 2.71 bits per heavy atom. The smallest absolute Gasteiger partial charge is 0.101 e. The van der Waals surface area contributed by atoms with E-state index in [2.05, 4.69) is 11.4 Å². The van der Waals surface area contributed by atoms with E-state index in [9.17, 15) is 15.5 Å². The highest BCUT2D eigenvalue weighted by Gasteiger charge is 2.30. The molecule has 1 aromatic carbocycles. The number of β-amino-alcohol motifs (C(OH)–C–C–N with tert-alkyl or cyclic N) is 2. The van der Waals surface area contributed by atoms with Crippen molar-refractivity contribution >= 4 is 5.69 Å². The van der Waals surface area contributed by atoms with Gasteiger partial charge in [0, 0.05) is 33.3 Å². The van der Waals surface area contributed by atoms with Gasteiger partial charge in [-0.05, 0) is 17.7 Å². The van der Waals surface area contributed by atoms with Crippen LogP contribution in [0.3, 0.4) is 0 Å². The Labute approximate surface area is 124 Å². The first kappa shape index (κ1) is 15.7. The molecule has 0 amide bonds. The van der Waals surface area contributed by atoms with Crippen molar-refractivity contribution in [2.75, 3.05) is 38.3 Å². The zero-order valence-corrected chi connectivity index (χ0v) is 12.1. The van der Waals surface area contributed by atoms with Gasteiger partial charge < -0.3 is 25.2 Å². The maximum atomic E-state index is 9.62. The minimum Gasteiger partial charge on any atom is -0.389 e. The van der Waals surface area contributed by atoms with Crippen molar-refractivity contribution in [3.8, 4) is 6.07 Å². The highest BCUT2D eigenvalue weighted by molar-refractivity contribution is 5.61. The lowest BCUT2D eigenvalue weighted by Gasteiger charge is -2.19. The molecular weight excluding hydrogens is 270 g/mol. The fourth-order valence-corrected chi connectivity index (χ4v) is 2.43. The Kier molecular flexibility index (Phi) is 5.53. The predicted octanol–water partition coefficient (Wildman–Crippen LogP) is -0.164. The van der Waals surface area contributed by atoms with Crippen molar-refractivity contribution in [3.05, 3.63) is 29.3 Å². The van der Waals surface area contributed by atoms with Crippen LogP contribution in [0.25, 0.3) is 0 Å². The van der Waals surface area contributed by atoms with E-state index < -0.39 is 12.2 Å². The molecule has 1 heterocycles. The number of aliphatic hydroxyl groups is 2. The highest BCUT2D eigenvalue weighted by Crippen LogP contribution is 2.25.